The molecule has 1 fully saturated rings. The summed E-state index contributed by atoms with van der Waals surface area (Å²) in [5.74, 6) is -2.76. The molecule has 0 saturated heterocycles. The van der Waals surface area contributed by atoms with Crippen LogP contribution in [-0.2, 0) is 10.3 Å². The van der Waals surface area contributed by atoms with Gasteiger partial charge >= 0.3 is 12.3 Å². The Labute approximate surface area is 156 Å². The predicted octanol–water partition coefficient (Wildman–Crippen LogP) is 2.40. The minimum absolute atomic E-state index is 0.0133. The molecule has 0 radical (unpaired) electrons. The molecule has 3 N–H and O–H groups in total. The summed E-state index contributed by atoms with van der Waals surface area (Å²) in [4.78, 5) is 30.5. The minimum Gasteiger partial charge on any atom is -0.345 e. The Kier molecular flexibility index (Phi) is 5.17. The van der Waals surface area contributed by atoms with Crippen molar-refractivity contribution in [3.63, 3.8) is 0 Å². The van der Waals surface area contributed by atoms with E-state index in [1.807, 2.05) is 5.43 Å². The van der Waals surface area contributed by atoms with E-state index in [0.717, 1.165) is 18.4 Å². The van der Waals surface area contributed by atoms with Crippen LogP contribution in [0.3, 0.4) is 0 Å². The number of nitrogens with one attached hydrogen (secondary N) is 3. The van der Waals surface area contributed by atoms with Gasteiger partial charge in [0.05, 0.1) is 16.1 Å². The van der Waals surface area contributed by atoms with E-state index in [-0.39, 0.29) is 16.5 Å². The molecule has 27 heavy (non-hydrogen) atoms. The number of amides is 2. The number of aromatic nitrogens is 2. The number of halogens is 4. The molecule has 1 heterocycles. The first-order chi connectivity index (χ1) is 12.8. The summed E-state index contributed by atoms with van der Waals surface area (Å²) < 4.78 is 37.4. The van der Waals surface area contributed by atoms with Gasteiger partial charge < -0.3 is 5.32 Å². The highest BCUT2D eigenvalue weighted by Gasteiger charge is 2.45. The Balaban J connectivity index is 1.64. The number of rotatable bonds is 5. The highest BCUT2D eigenvalue weighted by Crippen LogP contribution is 2.48. The molecule has 1 aromatic heterocycles. The van der Waals surface area contributed by atoms with E-state index < -0.39 is 29.6 Å². The molecule has 0 unspecified atom stereocenters. The van der Waals surface area contributed by atoms with E-state index >= 15 is 0 Å². The third-order valence-corrected chi connectivity index (χ3v) is 4.27. The third kappa shape index (κ3) is 4.27. The van der Waals surface area contributed by atoms with E-state index in [1.165, 1.54) is 24.5 Å². The molecule has 1 aromatic carbocycles. The first kappa shape index (κ1) is 18.9. The largest absolute Gasteiger partial charge is 0.345 e. The van der Waals surface area contributed by atoms with Gasteiger partial charge in [-0.15, -0.1) is 0 Å². The Hall–Kier alpha value is -2.88. The van der Waals surface area contributed by atoms with E-state index in [2.05, 4.69) is 15.3 Å². The summed E-state index contributed by atoms with van der Waals surface area (Å²) in [5, 5.41) is 3.13. The highest BCUT2D eigenvalue weighted by molar-refractivity contribution is 6.30. The van der Waals surface area contributed by atoms with Gasteiger partial charge in [-0.3, -0.25) is 20.4 Å². The van der Waals surface area contributed by atoms with Gasteiger partial charge in [-0.2, -0.15) is 8.78 Å². The average molecular weight is 400 g/mol. The van der Waals surface area contributed by atoms with Gasteiger partial charge in [0.25, 0.3) is 5.91 Å². The Morgan fingerprint density at radius 2 is 1.81 bits per heavy atom. The van der Waals surface area contributed by atoms with Crippen LogP contribution < -0.4 is 16.2 Å². The molecule has 1 aliphatic rings. The van der Waals surface area contributed by atoms with Crippen molar-refractivity contribution in [2.75, 3.05) is 5.32 Å². The van der Waals surface area contributed by atoms with E-state index in [4.69, 9.17) is 11.6 Å². The van der Waals surface area contributed by atoms with Crippen LogP contribution in [0.25, 0.3) is 0 Å². The van der Waals surface area contributed by atoms with Crippen LogP contribution in [0.2, 0.25) is 5.02 Å². The standard InChI is InChI=1S/C16H13ClF3N5O2/c17-10-5-9(1-2-11(10)18)16(3-4-16)23-15-21-6-8(7-22-15)13(26)24-25-14(27)12(19)20/h1-2,5-7,12H,3-4H2,(H,24,26)(H,25,27)(H,21,22,23). The summed E-state index contributed by atoms with van der Waals surface area (Å²) in [6, 6.07) is 4.43. The van der Waals surface area contributed by atoms with Crippen molar-refractivity contribution in [2.24, 2.45) is 0 Å². The second kappa shape index (κ2) is 7.39. The lowest BCUT2D eigenvalue weighted by molar-refractivity contribution is -0.132. The summed E-state index contributed by atoms with van der Waals surface area (Å²) in [5.41, 5.74) is 3.68. The fourth-order valence-corrected chi connectivity index (χ4v) is 2.55. The van der Waals surface area contributed by atoms with Crippen LogP contribution in [0.15, 0.2) is 30.6 Å². The number of hydrogen-bond donors (Lipinski definition) is 3. The number of alkyl halides is 2. The number of nitrogens with zero attached hydrogens (tertiary/aromatic N) is 2. The number of carbonyl (C=O) groups is 2. The molecule has 2 amide bonds. The van der Waals surface area contributed by atoms with Gasteiger partial charge in [-0.05, 0) is 30.5 Å². The minimum atomic E-state index is -3.25. The normalized spacial score (nSPS) is 14.6. The van der Waals surface area contributed by atoms with Crippen LogP contribution in [0.5, 0.6) is 0 Å². The second-order valence-corrected chi connectivity index (χ2v) is 6.28. The molecule has 0 spiro atoms. The van der Waals surface area contributed by atoms with Crippen molar-refractivity contribution in [1.82, 2.24) is 20.8 Å². The van der Waals surface area contributed by atoms with Gasteiger partial charge in [0, 0.05) is 12.4 Å². The molecular formula is C16H13ClF3N5O2. The van der Waals surface area contributed by atoms with Gasteiger partial charge in [0.1, 0.15) is 5.82 Å². The van der Waals surface area contributed by atoms with Gasteiger partial charge in [-0.25, -0.2) is 14.4 Å². The fourth-order valence-electron chi connectivity index (χ4n) is 2.37. The lowest BCUT2D eigenvalue weighted by Crippen LogP contribution is -2.44. The molecule has 1 saturated carbocycles. The second-order valence-electron chi connectivity index (χ2n) is 5.88. The Morgan fingerprint density at radius 1 is 1.15 bits per heavy atom. The van der Waals surface area contributed by atoms with E-state index in [1.54, 1.807) is 11.5 Å². The Bertz CT molecular complexity index is 875. The molecule has 7 nitrogen and oxygen atoms in total. The molecule has 11 heteroatoms. The number of anilines is 1. The van der Waals surface area contributed by atoms with Crippen molar-refractivity contribution < 1.29 is 22.8 Å². The summed E-state index contributed by atoms with van der Waals surface area (Å²) in [6.07, 6.45) is 0.628. The van der Waals surface area contributed by atoms with Crippen molar-refractivity contribution >= 4 is 29.4 Å². The zero-order valence-electron chi connectivity index (χ0n) is 13.6. The maximum atomic E-state index is 13.3. The Morgan fingerprint density at radius 3 is 2.37 bits per heavy atom. The monoisotopic (exact) mass is 399 g/mol. The van der Waals surface area contributed by atoms with Crippen LogP contribution in [0, 0.1) is 5.82 Å². The molecule has 0 bridgehead atoms. The summed E-state index contributed by atoms with van der Waals surface area (Å²) in [7, 11) is 0. The third-order valence-electron chi connectivity index (χ3n) is 3.98. The van der Waals surface area contributed by atoms with Crippen molar-refractivity contribution in [2.45, 2.75) is 24.8 Å². The fraction of sp³-hybridized carbons (Fsp3) is 0.250. The summed E-state index contributed by atoms with van der Waals surface area (Å²) >= 11 is 5.82. The van der Waals surface area contributed by atoms with Gasteiger partial charge in [-0.1, -0.05) is 17.7 Å². The number of carbonyl (C=O) groups excluding carboxylic acids is 2. The lowest BCUT2D eigenvalue weighted by atomic mass is 10.1. The van der Waals surface area contributed by atoms with Crippen molar-refractivity contribution in [1.29, 1.82) is 0 Å². The number of hydrogen-bond acceptors (Lipinski definition) is 5. The van der Waals surface area contributed by atoms with Crippen molar-refractivity contribution in [3.05, 3.63) is 52.6 Å². The van der Waals surface area contributed by atoms with Crippen LogP contribution in [0.4, 0.5) is 19.1 Å². The molecular weight excluding hydrogens is 387 g/mol. The molecule has 142 valence electrons. The topological polar surface area (TPSA) is 96.0 Å². The van der Waals surface area contributed by atoms with Crippen molar-refractivity contribution in [3.8, 4) is 0 Å². The van der Waals surface area contributed by atoms with Crippen LogP contribution in [0.1, 0.15) is 28.8 Å². The average Bonchev–Trinajstić information content (AvgIpc) is 3.42. The molecule has 0 atom stereocenters. The molecule has 1 aliphatic carbocycles. The quantitative estimate of drug-likeness (QED) is 0.671. The SMILES string of the molecule is O=C(NNC(=O)C(F)F)c1cnc(NC2(c3ccc(F)c(Cl)c3)CC2)nc1. The maximum absolute atomic E-state index is 13.3. The number of benzene rings is 1. The van der Waals surface area contributed by atoms with Crippen LogP contribution >= 0.6 is 11.6 Å². The molecule has 3 rings (SSSR count). The first-order valence-electron chi connectivity index (χ1n) is 7.75. The van der Waals surface area contributed by atoms with Gasteiger partial charge in [0.15, 0.2) is 0 Å². The molecule has 0 aliphatic heterocycles. The number of hydrazine groups is 1. The lowest BCUT2D eigenvalue weighted by Gasteiger charge is -2.18. The van der Waals surface area contributed by atoms with E-state index in [9.17, 15) is 22.8 Å². The summed E-state index contributed by atoms with van der Waals surface area (Å²) in [6.45, 7) is 0. The highest BCUT2D eigenvalue weighted by atomic mass is 35.5. The van der Waals surface area contributed by atoms with Gasteiger partial charge in [0.2, 0.25) is 5.95 Å². The first-order valence-corrected chi connectivity index (χ1v) is 8.13. The zero-order chi connectivity index (χ0) is 19.6. The predicted molar refractivity (Wildman–Crippen MR) is 89.6 cm³/mol. The maximum Gasteiger partial charge on any atom is 0.317 e. The van der Waals surface area contributed by atoms with E-state index in [0.29, 0.717) is 0 Å². The zero-order valence-corrected chi connectivity index (χ0v) is 14.4. The molecule has 2 aromatic rings. The van der Waals surface area contributed by atoms with Crippen LogP contribution in [-0.4, -0.2) is 28.2 Å². The smallest absolute Gasteiger partial charge is 0.317 e.